The van der Waals surface area contributed by atoms with Crippen molar-refractivity contribution in [3.8, 4) is 0 Å². The molecule has 3 atom stereocenters. The Labute approximate surface area is 154 Å². The fourth-order valence-corrected chi connectivity index (χ4v) is 3.86. The van der Waals surface area contributed by atoms with E-state index in [1.807, 2.05) is 27.7 Å². The molecule has 3 amide bonds. The maximum atomic E-state index is 13.4. The summed E-state index contributed by atoms with van der Waals surface area (Å²) in [5.74, 6) is -0.757. The number of benzene rings is 1. The highest BCUT2D eigenvalue weighted by molar-refractivity contribution is 6.22. The SMILES string of the molecule is CC(C)CC(C(=O)N1C(C)COCC1C)N1C(=O)c2ccccc2C1=O. The van der Waals surface area contributed by atoms with Crippen LogP contribution in [-0.2, 0) is 9.53 Å². The third-order valence-electron chi connectivity index (χ3n) is 5.04. The lowest BCUT2D eigenvalue weighted by atomic mass is 9.99. The molecule has 2 heterocycles. The van der Waals surface area contributed by atoms with Gasteiger partial charge < -0.3 is 9.64 Å². The van der Waals surface area contributed by atoms with Gasteiger partial charge in [-0.25, -0.2) is 0 Å². The van der Waals surface area contributed by atoms with E-state index < -0.39 is 6.04 Å². The van der Waals surface area contributed by atoms with Crippen LogP contribution in [-0.4, -0.2) is 58.9 Å². The maximum Gasteiger partial charge on any atom is 0.262 e. The van der Waals surface area contributed by atoms with E-state index >= 15 is 0 Å². The largest absolute Gasteiger partial charge is 0.377 e. The standard InChI is InChI=1S/C20H26N2O4/c1-12(2)9-17(20(25)21-13(3)10-26-11-14(21)4)22-18(23)15-7-5-6-8-16(15)19(22)24/h5-8,12-14,17H,9-11H2,1-4H3. The molecule has 3 rings (SSSR count). The van der Waals surface area contributed by atoms with Crippen LogP contribution in [0.25, 0.3) is 0 Å². The van der Waals surface area contributed by atoms with E-state index in [4.69, 9.17) is 4.74 Å². The second-order valence-electron chi connectivity index (χ2n) is 7.65. The number of amides is 3. The molecule has 6 nitrogen and oxygen atoms in total. The van der Waals surface area contributed by atoms with Crippen molar-refractivity contribution in [2.24, 2.45) is 5.92 Å². The van der Waals surface area contributed by atoms with Crippen LogP contribution in [0.3, 0.4) is 0 Å². The first-order chi connectivity index (χ1) is 12.3. The molecule has 0 radical (unpaired) electrons. The average Bonchev–Trinajstić information content (AvgIpc) is 2.84. The van der Waals surface area contributed by atoms with Gasteiger partial charge in [-0.15, -0.1) is 0 Å². The Hall–Kier alpha value is -2.21. The second-order valence-corrected chi connectivity index (χ2v) is 7.65. The van der Waals surface area contributed by atoms with Crippen LogP contribution >= 0.6 is 0 Å². The van der Waals surface area contributed by atoms with Crippen LogP contribution < -0.4 is 0 Å². The van der Waals surface area contributed by atoms with Crippen LogP contribution in [0.2, 0.25) is 0 Å². The van der Waals surface area contributed by atoms with E-state index in [9.17, 15) is 14.4 Å². The van der Waals surface area contributed by atoms with Gasteiger partial charge in [0.25, 0.3) is 11.8 Å². The summed E-state index contributed by atoms with van der Waals surface area (Å²) in [5, 5.41) is 0. The zero-order valence-electron chi connectivity index (χ0n) is 15.8. The quantitative estimate of drug-likeness (QED) is 0.775. The number of ether oxygens (including phenoxy) is 1. The van der Waals surface area contributed by atoms with E-state index in [2.05, 4.69) is 0 Å². The van der Waals surface area contributed by atoms with Gasteiger partial charge in [0, 0.05) is 0 Å². The van der Waals surface area contributed by atoms with Crippen molar-refractivity contribution in [3.63, 3.8) is 0 Å². The normalized spacial score (nSPS) is 24.2. The molecule has 26 heavy (non-hydrogen) atoms. The van der Waals surface area contributed by atoms with Gasteiger partial charge in [-0.1, -0.05) is 26.0 Å². The molecule has 0 spiro atoms. The molecule has 0 aliphatic carbocycles. The van der Waals surface area contributed by atoms with Gasteiger partial charge in [0.15, 0.2) is 0 Å². The summed E-state index contributed by atoms with van der Waals surface area (Å²) >= 11 is 0. The molecule has 140 valence electrons. The van der Waals surface area contributed by atoms with Crippen molar-refractivity contribution in [2.45, 2.75) is 52.2 Å². The Morgan fingerprint density at radius 3 is 2.04 bits per heavy atom. The fraction of sp³-hybridized carbons (Fsp3) is 0.550. The van der Waals surface area contributed by atoms with Crippen LogP contribution in [0.1, 0.15) is 54.8 Å². The molecule has 1 saturated heterocycles. The number of fused-ring (bicyclic) bond motifs is 1. The first-order valence-electron chi connectivity index (χ1n) is 9.19. The molecule has 1 aromatic rings. The van der Waals surface area contributed by atoms with Gasteiger partial charge in [-0.05, 0) is 38.3 Å². The molecule has 0 bridgehead atoms. The second kappa shape index (κ2) is 7.19. The molecule has 2 aliphatic heterocycles. The summed E-state index contributed by atoms with van der Waals surface area (Å²) in [5.41, 5.74) is 0.754. The smallest absolute Gasteiger partial charge is 0.262 e. The average molecular weight is 358 g/mol. The fourth-order valence-electron chi connectivity index (χ4n) is 3.86. The van der Waals surface area contributed by atoms with Crippen molar-refractivity contribution in [1.82, 2.24) is 9.80 Å². The van der Waals surface area contributed by atoms with Crippen molar-refractivity contribution in [2.75, 3.05) is 13.2 Å². The minimum Gasteiger partial charge on any atom is -0.377 e. The van der Waals surface area contributed by atoms with Crippen molar-refractivity contribution in [1.29, 1.82) is 0 Å². The summed E-state index contributed by atoms with van der Waals surface area (Å²) < 4.78 is 5.51. The number of hydrogen-bond donors (Lipinski definition) is 0. The number of nitrogens with zero attached hydrogens (tertiary/aromatic N) is 2. The topological polar surface area (TPSA) is 66.9 Å². The van der Waals surface area contributed by atoms with Crippen LogP contribution in [0.15, 0.2) is 24.3 Å². The van der Waals surface area contributed by atoms with Gasteiger partial charge in [0.1, 0.15) is 6.04 Å². The minimum atomic E-state index is -0.787. The Morgan fingerprint density at radius 1 is 1.08 bits per heavy atom. The predicted octanol–water partition coefficient (Wildman–Crippen LogP) is 2.33. The Balaban J connectivity index is 1.95. The molecule has 0 aromatic heterocycles. The highest BCUT2D eigenvalue weighted by Gasteiger charge is 2.45. The van der Waals surface area contributed by atoms with Crippen LogP contribution in [0.4, 0.5) is 0 Å². The Bertz CT molecular complexity index is 685. The van der Waals surface area contributed by atoms with E-state index in [0.717, 1.165) is 0 Å². The molecule has 1 fully saturated rings. The Kier molecular flexibility index (Phi) is 5.14. The summed E-state index contributed by atoms with van der Waals surface area (Å²) in [6.07, 6.45) is 0.446. The highest BCUT2D eigenvalue weighted by atomic mass is 16.5. The van der Waals surface area contributed by atoms with Gasteiger partial charge in [0.2, 0.25) is 5.91 Å². The lowest BCUT2D eigenvalue weighted by Crippen LogP contribution is -2.59. The number of imide groups is 1. The molecule has 0 N–H and O–H groups in total. The number of hydrogen-bond acceptors (Lipinski definition) is 4. The number of morpholine rings is 1. The number of carbonyl (C=O) groups is 3. The zero-order chi connectivity index (χ0) is 19.0. The van der Waals surface area contributed by atoms with Crippen LogP contribution in [0.5, 0.6) is 0 Å². The minimum absolute atomic E-state index is 0.0869. The molecular weight excluding hydrogens is 332 g/mol. The highest BCUT2D eigenvalue weighted by Crippen LogP contribution is 2.29. The number of carbonyl (C=O) groups excluding carboxylic acids is 3. The first kappa shape index (κ1) is 18.6. The zero-order valence-corrected chi connectivity index (χ0v) is 15.8. The van der Waals surface area contributed by atoms with E-state index in [1.54, 1.807) is 29.2 Å². The Morgan fingerprint density at radius 2 is 1.58 bits per heavy atom. The lowest BCUT2D eigenvalue weighted by molar-refractivity contribution is -0.149. The summed E-state index contributed by atoms with van der Waals surface area (Å²) in [6, 6.07) is 5.80. The van der Waals surface area contributed by atoms with Crippen molar-refractivity contribution < 1.29 is 19.1 Å². The third-order valence-corrected chi connectivity index (χ3v) is 5.04. The van der Waals surface area contributed by atoms with Gasteiger partial charge in [0.05, 0.1) is 36.4 Å². The molecule has 6 heteroatoms. The molecule has 3 unspecified atom stereocenters. The third kappa shape index (κ3) is 3.14. The van der Waals surface area contributed by atoms with E-state index in [-0.39, 0.29) is 35.7 Å². The van der Waals surface area contributed by atoms with Gasteiger partial charge in [-0.3, -0.25) is 19.3 Å². The van der Waals surface area contributed by atoms with Gasteiger partial charge in [-0.2, -0.15) is 0 Å². The lowest BCUT2D eigenvalue weighted by Gasteiger charge is -2.42. The van der Waals surface area contributed by atoms with Crippen molar-refractivity contribution in [3.05, 3.63) is 35.4 Å². The summed E-state index contributed by atoms with van der Waals surface area (Å²) in [4.78, 5) is 42.1. The van der Waals surface area contributed by atoms with E-state index in [0.29, 0.717) is 30.8 Å². The molecule has 2 aliphatic rings. The molecule has 1 aromatic carbocycles. The molecular formula is C20H26N2O4. The van der Waals surface area contributed by atoms with Crippen LogP contribution in [0, 0.1) is 5.92 Å². The first-order valence-corrected chi connectivity index (χ1v) is 9.19. The summed E-state index contributed by atoms with van der Waals surface area (Å²) in [7, 11) is 0. The maximum absolute atomic E-state index is 13.4. The predicted molar refractivity (Wildman–Crippen MR) is 96.8 cm³/mol. The number of rotatable bonds is 4. The van der Waals surface area contributed by atoms with E-state index in [1.165, 1.54) is 4.90 Å². The summed E-state index contributed by atoms with van der Waals surface area (Å²) in [6.45, 7) is 8.78. The van der Waals surface area contributed by atoms with Gasteiger partial charge >= 0.3 is 0 Å². The van der Waals surface area contributed by atoms with Crippen molar-refractivity contribution >= 4 is 17.7 Å². The molecule has 0 saturated carbocycles. The monoisotopic (exact) mass is 358 g/mol.